The van der Waals surface area contributed by atoms with E-state index in [9.17, 15) is 8.42 Å². The van der Waals surface area contributed by atoms with Crippen molar-refractivity contribution in [3.05, 3.63) is 77.0 Å². The molecule has 0 atom stereocenters. The lowest BCUT2D eigenvalue weighted by Gasteiger charge is -2.15. The van der Waals surface area contributed by atoms with Gasteiger partial charge in [-0.1, -0.05) is 0 Å². The van der Waals surface area contributed by atoms with E-state index in [2.05, 4.69) is 36.9 Å². The molecule has 1 aromatic carbocycles. The second-order valence-corrected chi connectivity index (χ2v) is 10.5. The summed E-state index contributed by atoms with van der Waals surface area (Å²) in [4.78, 5) is 15.0. The molecule has 4 rings (SSSR count). The van der Waals surface area contributed by atoms with Gasteiger partial charge in [-0.2, -0.15) is 0 Å². The predicted octanol–water partition coefficient (Wildman–Crippen LogP) is 4.21. The molecule has 0 aliphatic heterocycles. The number of pyridine rings is 1. The Labute approximate surface area is 195 Å². The Morgan fingerprint density at radius 2 is 1.78 bits per heavy atom. The lowest BCUT2D eigenvalue weighted by Crippen LogP contribution is -2.20. The molecular formula is C21H22N6O2S3. The molecule has 4 aromatic rings. The summed E-state index contributed by atoms with van der Waals surface area (Å²) >= 11 is 2.75. The molecule has 0 saturated heterocycles. The molecule has 166 valence electrons. The van der Waals surface area contributed by atoms with Crippen LogP contribution in [0.5, 0.6) is 0 Å². The molecule has 11 heteroatoms. The molecule has 0 aliphatic rings. The number of hydrogen-bond donors (Lipinski definition) is 2. The van der Waals surface area contributed by atoms with Gasteiger partial charge in [0, 0.05) is 48.1 Å². The molecule has 3 heterocycles. The standard InChI is InChI=1S/C21H22N6O2S3/c1-27(12-8-16-6-9-22-10-7-16)14-18-15-31-21(25-18)24-17-2-4-19(5-3-17)32(28,29)26-20-23-11-13-30-20/h2-7,9-11,13,15H,8,12,14H2,1H3,(H,23,26)(H,24,25). The molecule has 3 aromatic heterocycles. The van der Waals surface area contributed by atoms with E-state index in [1.807, 2.05) is 29.9 Å². The number of thiazole rings is 2. The lowest BCUT2D eigenvalue weighted by atomic mass is 10.2. The van der Waals surface area contributed by atoms with Crippen molar-refractivity contribution in [1.29, 1.82) is 0 Å². The summed E-state index contributed by atoms with van der Waals surface area (Å²) in [5.41, 5.74) is 3.02. The van der Waals surface area contributed by atoms with Crippen LogP contribution in [0.25, 0.3) is 0 Å². The van der Waals surface area contributed by atoms with Gasteiger partial charge >= 0.3 is 0 Å². The normalized spacial score (nSPS) is 11.6. The van der Waals surface area contributed by atoms with Gasteiger partial charge in [0.15, 0.2) is 10.3 Å². The van der Waals surface area contributed by atoms with Crippen molar-refractivity contribution in [2.45, 2.75) is 17.9 Å². The first-order chi connectivity index (χ1) is 15.5. The molecule has 0 radical (unpaired) electrons. The fraction of sp³-hybridized carbons (Fsp3) is 0.190. The predicted molar refractivity (Wildman–Crippen MR) is 129 cm³/mol. The van der Waals surface area contributed by atoms with Gasteiger partial charge in [-0.15, -0.1) is 22.7 Å². The van der Waals surface area contributed by atoms with Crippen LogP contribution in [0.15, 0.2) is 70.6 Å². The Bertz CT molecular complexity index is 1230. The van der Waals surface area contributed by atoms with Crippen molar-refractivity contribution in [3.63, 3.8) is 0 Å². The third-order valence-corrected chi connectivity index (χ3v) is 7.56. The molecule has 0 saturated carbocycles. The number of anilines is 3. The number of hydrogen-bond acceptors (Lipinski definition) is 9. The average Bonchev–Trinajstić information content (AvgIpc) is 3.45. The van der Waals surface area contributed by atoms with Crippen LogP contribution in [0.3, 0.4) is 0 Å². The summed E-state index contributed by atoms with van der Waals surface area (Å²) in [6.45, 7) is 1.68. The number of likely N-dealkylation sites (N-methyl/N-ethyl adjacent to an activating group) is 1. The number of benzene rings is 1. The molecule has 0 amide bonds. The summed E-state index contributed by atoms with van der Waals surface area (Å²) in [5, 5.41) is 8.08. The molecule has 0 fully saturated rings. The van der Waals surface area contributed by atoms with Crippen LogP contribution in [0.4, 0.5) is 16.0 Å². The van der Waals surface area contributed by atoms with E-state index in [0.717, 1.165) is 36.0 Å². The fourth-order valence-corrected chi connectivity index (χ4v) is 5.46. The van der Waals surface area contributed by atoms with Crippen LogP contribution < -0.4 is 10.0 Å². The van der Waals surface area contributed by atoms with Gasteiger partial charge in [0.2, 0.25) is 0 Å². The van der Waals surface area contributed by atoms with Gasteiger partial charge in [-0.3, -0.25) is 9.71 Å². The first kappa shape index (κ1) is 22.3. The number of sulfonamides is 1. The monoisotopic (exact) mass is 486 g/mol. The van der Waals surface area contributed by atoms with Crippen LogP contribution in [-0.4, -0.2) is 41.9 Å². The Hall–Kier alpha value is -2.86. The van der Waals surface area contributed by atoms with E-state index >= 15 is 0 Å². The molecule has 32 heavy (non-hydrogen) atoms. The Morgan fingerprint density at radius 1 is 1.00 bits per heavy atom. The van der Waals surface area contributed by atoms with Crippen LogP contribution in [0.1, 0.15) is 11.3 Å². The summed E-state index contributed by atoms with van der Waals surface area (Å²) in [6.07, 6.45) is 6.14. The Kier molecular flexibility index (Phi) is 7.10. The van der Waals surface area contributed by atoms with Gasteiger partial charge in [0.25, 0.3) is 10.0 Å². The van der Waals surface area contributed by atoms with Crippen molar-refractivity contribution in [2.75, 3.05) is 23.6 Å². The summed E-state index contributed by atoms with van der Waals surface area (Å²) < 4.78 is 27.3. The average molecular weight is 487 g/mol. The third kappa shape index (κ3) is 6.10. The quantitative estimate of drug-likeness (QED) is 0.346. The maximum Gasteiger partial charge on any atom is 0.263 e. The summed E-state index contributed by atoms with van der Waals surface area (Å²) in [7, 11) is -1.58. The van der Waals surface area contributed by atoms with E-state index in [1.54, 1.807) is 35.8 Å². The largest absolute Gasteiger partial charge is 0.332 e. The molecule has 0 spiro atoms. The zero-order chi connectivity index (χ0) is 22.4. The maximum absolute atomic E-state index is 12.4. The highest BCUT2D eigenvalue weighted by atomic mass is 32.2. The van der Waals surface area contributed by atoms with Gasteiger partial charge in [-0.25, -0.2) is 18.4 Å². The van der Waals surface area contributed by atoms with Gasteiger partial charge in [-0.05, 0) is 55.4 Å². The minimum absolute atomic E-state index is 0.175. The highest BCUT2D eigenvalue weighted by molar-refractivity contribution is 7.93. The van der Waals surface area contributed by atoms with E-state index in [4.69, 9.17) is 0 Å². The summed E-state index contributed by atoms with van der Waals surface area (Å²) in [5.74, 6) is 0. The fourth-order valence-electron chi connectivity index (χ4n) is 2.95. The van der Waals surface area contributed by atoms with E-state index in [-0.39, 0.29) is 4.90 Å². The number of rotatable bonds is 10. The zero-order valence-corrected chi connectivity index (χ0v) is 19.8. The topological polar surface area (TPSA) is 100 Å². The van der Waals surface area contributed by atoms with Crippen molar-refractivity contribution < 1.29 is 8.42 Å². The number of aromatic nitrogens is 3. The van der Waals surface area contributed by atoms with Crippen molar-refractivity contribution in [1.82, 2.24) is 19.9 Å². The van der Waals surface area contributed by atoms with Gasteiger partial charge in [0.05, 0.1) is 10.6 Å². The van der Waals surface area contributed by atoms with Gasteiger partial charge < -0.3 is 10.2 Å². The maximum atomic E-state index is 12.4. The highest BCUT2D eigenvalue weighted by Crippen LogP contribution is 2.24. The molecular weight excluding hydrogens is 464 g/mol. The van der Waals surface area contributed by atoms with Crippen molar-refractivity contribution in [2.24, 2.45) is 0 Å². The summed E-state index contributed by atoms with van der Waals surface area (Å²) in [6, 6.07) is 10.6. The van der Waals surface area contributed by atoms with E-state index in [0.29, 0.717) is 5.13 Å². The third-order valence-electron chi connectivity index (χ3n) is 4.59. The first-order valence-electron chi connectivity index (χ1n) is 9.79. The molecule has 8 nitrogen and oxygen atoms in total. The lowest BCUT2D eigenvalue weighted by molar-refractivity contribution is 0.328. The Balaban J connectivity index is 1.31. The number of nitrogens with one attached hydrogen (secondary N) is 2. The minimum Gasteiger partial charge on any atom is -0.332 e. The molecule has 0 unspecified atom stereocenters. The molecule has 2 N–H and O–H groups in total. The minimum atomic E-state index is -3.66. The van der Waals surface area contributed by atoms with Crippen LogP contribution >= 0.6 is 22.7 Å². The molecule has 0 bridgehead atoms. The van der Waals surface area contributed by atoms with Gasteiger partial charge in [0.1, 0.15) is 0 Å². The van der Waals surface area contributed by atoms with Crippen molar-refractivity contribution in [3.8, 4) is 0 Å². The zero-order valence-electron chi connectivity index (χ0n) is 17.3. The van der Waals surface area contributed by atoms with Crippen LogP contribution in [0, 0.1) is 0 Å². The highest BCUT2D eigenvalue weighted by Gasteiger charge is 2.15. The van der Waals surface area contributed by atoms with Crippen LogP contribution in [-0.2, 0) is 23.0 Å². The van der Waals surface area contributed by atoms with E-state index < -0.39 is 10.0 Å². The van der Waals surface area contributed by atoms with Crippen LogP contribution in [0.2, 0.25) is 0 Å². The first-order valence-corrected chi connectivity index (χ1v) is 13.0. The second kappa shape index (κ2) is 10.2. The second-order valence-electron chi connectivity index (χ2n) is 7.08. The van der Waals surface area contributed by atoms with E-state index in [1.165, 1.54) is 28.2 Å². The SMILES string of the molecule is CN(CCc1ccncc1)Cc1csc(Nc2ccc(S(=O)(=O)Nc3nccs3)cc2)n1. The van der Waals surface area contributed by atoms with Crippen molar-refractivity contribution >= 4 is 48.6 Å². The number of nitrogens with zero attached hydrogens (tertiary/aromatic N) is 4. The molecule has 0 aliphatic carbocycles. The smallest absolute Gasteiger partial charge is 0.263 e. The Morgan fingerprint density at radius 3 is 2.50 bits per heavy atom.